The van der Waals surface area contributed by atoms with Crippen LogP contribution in [0.15, 0.2) is 40.7 Å². The maximum Gasteiger partial charge on any atom is 0.260 e. The number of nitrogens with one attached hydrogen (secondary N) is 1. The molecule has 1 fully saturated rings. The first-order valence-electron chi connectivity index (χ1n) is 11.0. The highest BCUT2D eigenvalue weighted by Crippen LogP contribution is 2.38. The van der Waals surface area contributed by atoms with Crippen molar-refractivity contribution in [3.05, 3.63) is 41.6 Å². The number of sulfonamides is 1. The maximum absolute atomic E-state index is 12.1. The van der Waals surface area contributed by atoms with E-state index in [9.17, 15) is 13.5 Å². The van der Waals surface area contributed by atoms with E-state index in [2.05, 4.69) is 36.1 Å². The molecule has 1 aliphatic heterocycles. The Morgan fingerprint density at radius 3 is 2.75 bits per heavy atom. The third-order valence-electron chi connectivity index (χ3n) is 5.08. The molecule has 0 bridgehead atoms. The van der Waals surface area contributed by atoms with Gasteiger partial charge in [-0.15, -0.1) is 0 Å². The van der Waals surface area contributed by atoms with E-state index in [4.69, 9.17) is 14.2 Å². The van der Waals surface area contributed by atoms with E-state index in [-0.39, 0.29) is 52.1 Å². The first-order chi connectivity index (χ1) is 17.3. The molecule has 0 spiro atoms. The number of aromatic nitrogens is 4. The van der Waals surface area contributed by atoms with Crippen LogP contribution in [-0.4, -0.2) is 65.0 Å². The molecule has 2 aliphatic rings. The van der Waals surface area contributed by atoms with Gasteiger partial charge in [-0.3, -0.25) is 9.29 Å². The molecule has 0 unspecified atom stereocenters. The minimum absolute atomic E-state index is 0.00226. The van der Waals surface area contributed by atoms with Gasteiger partial charge in [0.2, 0.25) is 27.4 Å². The van der Waals surface area contributed by atoms with Crippen LogP contribution < -0.4 is 14.2 Å². The number of rotatable bonds is 8. The Morgan fingerprint density at radius 2 is 2.06 bits per heavy atom. The lowest BCUT2D eigenvalue weighted by molar-refractivity contribution is 0.293. The van der Waals surface area contributed by atoms with Crippen molar-refractivity contribution >= 4 is 38.7 Å². The Hall–Kier alpha value is -4.31. The van der Waals surface area contributed by atoms with Crippen LogP contribution in [0, 0.1) is 0 Å². The van der Waals surface area contributed by atoms with Crippen LogP contribution in [0.4, 0.5) is 5.82 Å². The lowest BCUT2D eigenvalue weighted by Gasteiger charge is -2.15. The zero-order chi connectivity index (χ0) is 25.4. The Kier molecular flexibility index (Phi) is 5.89. The molecule has 0 saturated heterocycles. The summed E-state index contributed by atoms with van der Waals surface area (Å²) in [6.07, 6.45) is 4.11. The summed E-state index contributed by atoms with van der Waals surface area (Å²) in [4.78, 5) is 18.0. The van der Waals surface area contributed by atoms with Gasteiger partial charge in [0.15, 0.2) is 17.2 Å². The van der Waals surface area contributed by atoms with Gasteiger partial charge < -0.3 is 19.3 Å². The fourth-order valence-corrected chi connectivity index (χ4v) is 3.97. The number of imidazole rings is 1. The number of fused-ring (bicyclic) bond motifs is 1. The number of phenolic OH excluding ortho intramolecular Hbond substituents is 1. The number of aliphatic imine (C=N–C) groups is 1. The molecule has 2 N–H and O–H groups in total. The Balaban J connectivity index is 1.82. The molecule has 1 aromatic carbocycles. The summed E-state index contributed by atoms with van der Waals surface area (Å²) >= 11 is 0. The molecule has 13 heteroatoms. The van der Waals surface area contributed by atoms with Crippen LogP contribution in [0.2, 0.25) is 0 Å². The third kappa shape index (κ3) is 4.63. The van der Waals surface area contributed by atoms with Crippen LogP contribution in [0.5, 0.6) is 17.4 Å². The van der Waals surface area contributed by atoms with Gasteiger partial charge in [0, 0.05) is 0 Å². The Morgan fingerprint density at radius 1 is 1.25 bits per heavy atom. The number of ether oxygens (including phenoxy) is 3. The van der Waals surface area contributed by atoms with Gasteiger partial charge in [0.05, 0.1) is 26.0 Å². The van der Waals surface area contributed by atoms with Gasteiger partial charge in [-0.1, -0.05) is 11.8 Å². The molecular formula is C23H22N6O6S. The van der Waals surface area contributed by atoms with E-state index in [0.717, 1.165) is 19.1 Å². The highest BCUT2D eigenvalue weighted by molar-refractivity contribution is 7.92. The number of anilines is 1. The van der Waals surface area contributed by atoms with E-state index in [0.29, 0.717) is 18.3 Å². The lowest BCUT2D eigenvalue weighted by Crippen LogP contribution is -2.14. The van der Waals surface area contributed by atoms with E-state index in [1.807, 2.05) is 6.92 Å². The second-order valence-corrected chi connectivity index (χ2v) is 9.71. The molecule has 3 heterocycles. The summed E-state index contributed by atoms with van der Waals surface area (Å²) in [5, 5.41) is 10.8. The number of phenols is 1. The summed E-state index contributed by atoms with van der Waals surface area (Å²) < 4.78 is 44.8. The molecule has 0 amide bonds. The molecule has 0 atom stereocenters. The minimum Gasteiger partial charge on any atom is -0.506 e. The van der Waals surface area contributed by atoms with Crippen molar-refractivity contribution in [1.82, 2.24) is 19.5 Å². The van der Waals surface area contributed by atoms with Crippen LogP contribution in [0.3, 0.4) is 0 Å². The smallest absolute Gasteiger partial charge is 0.260 e. The molecule has 36 heavy (non-hydrogen) atoms. The largest absolute Gasteiger partial charge is 0.506 e. The maximum atomic E-state index is 12.1. The monoisotopic (exact) mass is 510 g/mol. The zero-order valence-corrected chi connectivity index (χ0v) is 20.5. The summed E-state index contributed by atoms with van der Waals surface area (Å²) in [7, 11) is -2.26. The number of methoxy groups -OCH3 is 1. The molecule has 1 saturated carbocycles. The predicted octanol–water partition coefficient (Wildman–Crippen LogP) is 2.54. The highest BCUT2D eigenvalue weighted by Gasteiger charge is 2.30. The van der Waals surface area contributed by atoms with Crippen LogP contribution in [-0.2, 0) is 14.8 Å². The van der Waals surface area contributed by atoms with Crippen LogP contribution in [0.1, 0.15) is 25.6 Å². The molecular weight excluding hydrogens is 488 g/mol. The number of hydrogen-bond acceptors (Lipinski definition) is 10. The van der Waals surface area contributed by atoms with Gasteiger partial charge >= 0.3 is 0 Å². The van der Waals surface area contributed by atoms with E-state index >= 15 is 0 Å². The molecule has 12 nitrogen and oxygen atoms in total. The SMILES string of the molecule is CCOC1=NC(c2nc3nc(OC4CC4)c(NS(C)(=O)=O)nc3n2-c2c(O)cccc2OC)=C=C=C1. The zero-order valence-electron chi connectivity index (χ0n) is 19.6. The van der Waals surface area contributed by atoms with Crippen molar-refractivity contribution in [3.8, 4) is 23.1 Å². The second-order valence-electron chi connectivity index (χ2n) is 7.96. The highest BCUT2D eigenvalue weighted by atomic mass is 32.2. The van der Waals surface area contributed by atoms with Crippen molar-refractivity contribution in [2.45, 2.75) is 25.9 Å². The van der Waals surface area contributed by atoms with Gasteiger partial charge in [0.25, 0.3) is 5.88 Å². The van der Waals surface area contributed by atoms with Gasteiger partial charge in [0.1, 0.15) is 23.3 Å². The normalized spacial score (nSPS) is 15.0. The number of hydrogen-bond donors (Lipinski definition) is 2. The average molecular weight is 511 g/mol. The van der Waals surface area contributed by atoms with Crippen molar-refractivity contribution < 1.29 is 27.7 Å². The first kappa shape index (κ1) is 23.4. The Bertz CT molecular complexity index is 1610. The number of aromatic hydroxyl groups is 1. The Labute approximate surface area is 206 Å². The summed E-state index contributed by atoms with van der Waals surface area (Å²) in [5.41, 5.74) is 6.43. The molecule has 2 aromatic heterocycles. The summed E-state index contributed by atoms with van der Waals surface area (Å²) in [6.45, 7) is 2.21. The lowest BCUT2D eigenvalue weighted by atomic mass is 10.2. The topological polar surface area (TPSA) is 150 Å². The number of benzene rings is 1. The predicted molar refractivity (Wildman–Crippen MR) is 131 cm³/mol. The standard InChI is InChI=1S/C23H22N6O6S/c1-4-34-17-10-5-7-14(24-17)21-25-19-22(29(21)18-15(30)8-6-9-16(18)33-2)26-20(28-36(3,31)32)23(27-19)35-13-11-12-13/h6,8-10,13,30H,4,11-12H2,1-3H3,(H,26,28). The minimum atomic E-state index is -3.72. The fraction of sp³-hybridized carbons (Fsp3) is 0.304. The molecule has 186 valence electrons. The number of nitrogens with zero attached hydrogens (tertiary/aromatic N) is 5. The molecule has 1 aliphatic carbocycles. The van der Waals surface area contributed by atoms with Gasteiger partial charge in [-0.25, -0.2) is 23.4 Å². The van der Waals surface area contributed by atoms with Gasteiger partial charge in [-0.2, -0.15) is 4.98 Å². The van der Waals surface area contributed by atoms with Crippen molar-refractivity contribution in [3.63, 3.8) is 0 Å². The average Bonchev–Trinajstić information content (AvgIpc) is 3.58. The van der Waals surface area contributed by atoms with Crippen molar-refractivity contribution in [2.75, 3.05) is 24.7 Å². The van der Waals surface area contributed by atoms with Crippen LogP contribution >= 0.6 is 0 Å². The van der Waals surface area contributed by atoms with Gasteiger partial charge in [-0.05, 0) is 37.6 Å². The number of para-hydroxylation sites is 1. The van der Waals surface area contributed by atoms with E-state index in [1.165, 1.54) is 23.8 Å². The summed E-state index contributed by atoms with van der Waals surface area (Å²) in [6, 6.07) is 4.74. The molecule has 0 radical (unpaired) electrons. The summed E-state index contributed by atoms with van der Waals surface area (Å²) in [5.74, 6) is 0.549. The van der Waals surface area contributed by atoms with Crippen molar-refractivity contribution in [2.24, 2.45) is 4.99 Å². The quantitative estimate of drug-likeness (QED) is 0.436. The van der Waals surface area contributed by atoms with E-state index in [1.54, 1.807) is 12.1 Å². The fourth-order valence-electron chi connectivity index (χ4n) is 3.48. The molecule has 3 aromatic rings. The second kappa shape index (κ2) is 9.04. The van der Waals surface area contributed by atoms with Crippen molar-refractivity contribution in [1.29, 1.82) is 0 Å². The third-order valence-corrected chi connectivity index (χ3v) is 5.65. The molecule has 5 rings (SSSR count). The van der Waals surface area contributed by atoms with Crippen LogP contribution in [0.25, 0.3) is 22.7 Å². The van der Waals surface area contributed by atoms with E-state index < -0.39 is 10.0 Å². The first-order valence-corrected chi connectivity index (χ1v) is 12.9.